The van der Waals surface area contributed by atoms with E-state index < -0.39 is 9.84 Å². The Morgan fingerprint density at radius 2 is 1.48 bits per heavy atom. The number of aromatic nitrogens is 3. The van der Waals surface area contributed by atoms with Gasteiger partial charge in [0, 0.05) is 11.8 Å². The maximum Gasteiger partial charge on any atom is 0.175 e. The first-order valence-electron chi connectivity index (χ1n) is 8.39. The third kappa shape index (κ3) is 3.66. The van der Waals surface area contributed by atoms with Crippen LogP contribution in [0.4, 0.5) is 0 Å². The molecule has 0 radical (unpaired) electrons. The molecule has 3 aromatic carbocycles. The van der Waals surface area contributed by atoms with E-state index in [1.807, 2.05) is 66.9 Å². The molecule has 0 atom stereocenters. The predicted octanol–water partition coefficient (Wildman–Crippen LogP) is 4.00. The Bertz CT molecular complexity index is 1180. The van der Waals surface area contributed by atoms with Crippen molar-refractivity contribution >= 4 is 9.84 Å². The van der Waals surface area contributed by atoms with E-state index in [9.17, 15) is 8.42 Å². The van der Waals surface area contributed by atoms with Crippen molar-refractivity contribution < 1.29 is 8.42 Å². The summed E-state index contributed by atoms with van der Waals surface area (Å²) in [6.07, 6.45) is 3.10. The summed E-state index contributed by atoms with van der Waals surface area (Å²) in [5.41, 5.74) is 4.49. The molecule has 0 saturated carbocycles. The van der Waals surface area contributed by atoms with Gasteiger partial charge in [-0.25, -0.2) is 13.1 Å². The fraction of sp³-hybridized carbons (Fsp3) is 0.0476. The summed E-state index contributed by atoms with van der Waals surface area (Å²) >= 11 is 0. The van der Waals surface area contributed by atoms with Gasteiger partial charge in [-0.05, 0) is 35.4 Å². The Morgan fingerprint density at radius 1 is 0.778 bits per heavy atom. The summed E-state index contributed by atoms with van der Waals surface area (Å²) < 4.78 is 25.2. The van der Waals surface area contributed by atoms with E-state index in [2.05, 4.69) is 10.3 Å². The molecule has 0 spiro atoms. The van der Waals surface area contributed by atoms with E-state index >= 15 is 0 Å². The van der Waals surface area contributed by atoms with Crippen molar-refractivity contribution in [3.63, 3.8) is 0 Å². The third-order valence-electron chi connectivity index (χ3n) is 4.29. The Balaban J connectivity index is 1.63. The molecule has 27 heavy (non-hydrogen) atoms. The Hall–Kier alpha value is -3.25. The van der Waals surface area contributed by atoms with E-state index in [1.54, 1.807) is 22.9 Å². The summed E-state index contributed by atoms with van der Waals surface area (Å²) in [4.78, 5) is 0.313. The second kappa shape index (κ2) is 6.81. The molecule has 0 N–H and O–H groups in total. The van der Waals surface area contributed by atoms with Gasteiger partial charge in [0.2, 0.25) is 0 Å². The highest BCUT2D eigenvalue weighted by Crippen LogP contribution is 2.24. The minimum atomic E-state index is -3.23. The third-order valence-corrected chi connectivity index (χ3v) is 5.40. The lowest BCUT2D eigenvalue weighted by molar-refractivity contribution is 0.602. The molecular weight excluding hydrogens is 358 g/mol. The molecule has 134 valence electrons. The van der Waals surface area contributed by atoms with Gasteiger partial charge < -0.3 is 0 Å². The molecule has 4 rings (SSSR count). The lowest BCUT2D eigenvalue weighted by atomic mass is 10.1. The minimum absolute atomic E-state index is 0.313. The summed E-state index contributed by atoms with van der Waals surface area (Å²) in [5, 5.41) is 8.43. The quantitative estimate of drug-likeness (QED) is 0.541. The van der Waals surface area contributed by atoms with Gasteiger partial charge in [-0.2, -0.15) is 0 Å². The van der Waals surface area contributed by atoms with Crippen LogP contribution < -0.4 is 0 Å². The van der Waals surface area contributed by atoms with Crippen LogP contribution in [-0.2, 0) is 9.84 Å². The molecule has 4 aromatic rings. The van der Waals surface area contributed by atoms with Gasteiger partial charge in [-0.3, -0.25) is 0 Å². The van der Waals surface area contributed by atoms with Crippen LogP contribution in [0, 0.1) is 0 Å². The average molecular weight is 375 g/mol. The van der Waals surface area contributed by atoms with Crippen molar-refractivity contribution in [2.24, 2.45) is 0 Å². The van der Waals surface area contributed by atoms with Crippen LogP contribution in [0.2, 0.25) is 0 Å². The van der Waals surface area contributed by atoms with Crippen molar-refractivity contribution in [1.29, 1.82) is 0 Å². The zero-order valence-electron chi connectivity index (χ0n) is 14.6. The zero-order chi connectivity index (χ0) is 18.9. The summed E-state index contributed by atoms with van der Waals surface area (Å²) in [6.45, 7) is 0. The largest absolute Gasteiger partial charge is 0.224 e. The smallest absolute Gasteiger partial charge is 0.175 e. The van der Waals surface area contributed by atoms with Crippen LogP contribution in [0.25, 0.3) is 28.1 Å². The van der Waals surface area contributed by atoms with Gasteiger partial charge in [-0.1, -0.05) is 59.8 Å². The van der Waals surface area contributed by atoms with Crippen LogP contribution in [0.15, 0.2) is 90.0 Å². The fourth-order valence-corrected chi connectivity index (χ4v) is 3.51. The van der Waals surface area contributed by atoms with Gasteiger partial charge in [0.1, 0.15) is 5.69 Å². The molecule has 0 aliphatic carbocycles. The Labute approximate surface area is 157 Å². The van der Waals surface area contributed by atoms with Gasteiger partial charge >= 0.3 is 0 Å². The molecule has 0 fully saturated rings. The summed E-state index contributed by atoms with van der Waals surface area (Å²) in [6, 6.07) is 24.6. The average Bonchev–Trinajstić information content (AvgIpc) is 3.19. The summed E-state index contributed by atoms with van der Waals surface area (Å²) in [5.74, 6) is 0. The molecule has 0 aliphatic heterocycles. The highest BCUT2D eigenvalue weighted by atomic mass is 32.2. The molecular formula is C21H17N3O2S. The number of sulfone groups is 1. The van der Waals surface area contributed by atoms with Crippen molar-refractivity contribution in [1.82, 2.24) is 15.0 Å². The molecule has 0 amide bonds. The minimum Gasteiger partial charge on any atom is -0.224 e. The van der Waals surface area contributed by atoms with Crippen molar-refractivity contribution in [2.75, 3.05) is 6.26 Å². The number of nitrogens with zero attached hydrogens (tertiary/aromatic N) is 3. The lowest BCUT2D eigenvalue weighted by Gasteiger charge is -2.06. The number of hydrogen-bond acceptors (Lipinski definition) is 4. The van der Waals surface area contributed by atoms with Crippen molar-refractivity contribution in [3.8, 4) is 28.1 Å². The zero-order valence-corrected chi connectivity index (χ0v) is 15.5. The molecule has 0 bridgehead atoms. The predicted molar refractivity (Wildman–Crippen MR) is 105 cm³/mol. The molecule has 1 aromatic heterocycles. The summed E-state index contributed by atoms with van der Waals surface area (Å²) in [7, 11) is -3.23. The first kappa shape index (κ1) is 17.2. The van der Waals surface area contributed by atoms with Crippen LogP contribution in [0.3, 0.4) is 0 Å². The van der Waals surface area contributed by atoms with E-state index in [0.717, 1.165) is 28.1 Å². The Morgan fingerprint density at radius 3 is 2.19 bits per heavy atom. The molecule has 1 heterocycles. The second-order valence-electron chi connectivity index (χ2n) is 6.26. The number of rotatable bonds is 4. The molecule has 5 nitrogen and oxygen atoms in total. The number of hydrogen-bond donors (Lipinski definition) is 0. The van der Waals surface area contributed by atoms with E-state index in [0.29, 0.717) is 4.90 Å². The van der Waals surface area contributed by atoms with Crippen LogP contribution in [0.5, 0.6) is 0 Å². The first-order chi connectivity index (χ1) is 13.0. The van der Waals surface area contributed by atoms with E-state index in [4.69, 9.17) is 0 Å². The first-order valence-corrected chi connectivity index (χ1v) is 10.3. The normalized spacial score (nSPS) is 11.4. The van der Waals surface area contributed by atoms with E-state index in [-0.39, 0.29) is 0 Å². The SMILES string of the molecule is CS(=O)(=O)c1cccc(-c2ccc(-n3cc(-c4ccccc4)nn3)cc2)c1. The second-order valence-corrected chi connectivity index (χ2v) is 8.28. The molecule has 6 heteroatoms. The maximum atomic E-state index is 11.8. The van der Waals surface area contributed by atoms with Crippen molar-refractivity contribution in [3.05, 3.63) is 85.1 Å². The Kier molecular flexibility index (Phi) is 4.33. The van der Waals surface area contributed by atoms with E-state index in [1.165, 1.54) is 6.26 Å². The topological polar surface area (TPSA) is 64.8 Å². The van der Waals surface area contributed by atoms with Gasteiger partial charge in [0.15, 0.2) is 9.84 Å². The standard InChI is InChI=1S/C21H17N3O2S/c1-27(25,26)20-9-5-8-18(14-20)16-10-12-19(13-11-16)24-15-21(22-23-24)17-6-3-2-4-7-17/h2-15H,1H3. The fourth-order valence-electron chi connectivity index (χ4n) is 2.84. The van der Waals surface area contributed by atoms with Crippen LogP contribution in [-0.4, -0.2) is 29.7 Å². The number of benzene rings is 3. The molecule has 0 unspecified atom stereocenters. The van der Waals surface area contributed by atoms with Gasteiger partial charge in [0.25, 0.3) is 0 Å². The molecule has 0 saturated heterocycles. The van der Waals surface area contributed by atoms with Crippen molar-refractivity contribution in [2.45, 2.75) is 4.90 Å². The van der Waals surface area contributed by atoms with Gasteiger partial charge in [0.05, 0.1) is 16.8 Å². The highest BCUT2D eigenvalue weighted by Gasteiger charge is 2.09. The molecule has 0 aliphatic rings. The van der Waals surface area contributed by atoms with Gasteiger partial charge in [-0.15, -0.1) is 5.10 Å². The maximum absolute atomic E-state index is 11.8. The van der Waals surface area contributed by atoms with Crippen LogP contribution >= 0.6 is 0 Å². The van der Waals surface area contributed by atoms with Crippen LogP contribution in [0.1, 0.15) is 0 Å². The highest BCUT2D eigenvalue weighted by molar-refractivity contribution is 7.90. The lowest BCUT2D eigenvalue weighted by Crippen LogP contribution is -1.97. The monoisotopic (exact) mass is 375 g/mol.